The van der Waals surface area contributed by atoms with Gasteiger partial charge in [0, 0.05) is 19.5 Å². The SMILES string of the molecule is CCC(=O)N(Cc1ccc(OC)cc1)C(C)C(=O)NCCO. The first-order valence-corrected chi connectivity index (χ1v) is 7.34. The van der Waals surface area contributed by atoms with Gasteiger partial charge in [-0.15, -0.1) is 0 Å². The summed E-state index contributed by atoms with van der Waals surface area (Å²) >= 11 is 0. The molecule has 1 aromatic carbocycles. The highest BCUT2D eigenvalue weighted by molar-refractivity contribution is 5.87. The molecular formula is C16H24N2O4. The Bertz CT molecular complexity index is 487. The van der Waals surface area contributed by atoms with Crippen LogP contribution in [0.25, 0.3) is 0 Å². The summed E-state index contributed by atoms with van der Waals surface area (Å²) in [7, 11) is 1.59. The molecule has 2 N–H and O–H groups in total. The summed E-state index contributed by atoms with van der Waals surface area (Å²) in [6.45, 7) is 3.86. The third kappa shape index (κ3) is 5.04. The molecule has 0 bridgehead atoms. The third-order valence-electron chi connectivity index (χ3n) is 3.39. The number of hydrogen-bond acceptors (Lipinski definition) is 4. The van der Waals surface area contributed by atoms with Gasteiger partial charge in [-0.05, 0) is 24.6 Å². The van der Waals surface area contributed by atoms with Crippen molar-refractivity contribution in [1.29, 1.82) is 0 Å². The van der Waals surface area contributed by atoms with Crippen LogP contribution in [0.5, 0.6) is 5.75 Å². The van der Waals surface area contributed by atoms with Crippen LogP contribution in [0.15, 0.2) is 24.3 Å². The van der Waals surface area contributed by atoms with E-state index in [2.05, 4.69) is 5.32 Å². The van der Waals surface area contributed by atoms with E-state index in [4.69, 9.17) is 9.84 Å². The van der Waals surface area contributed by atoms with Gasteiger partial charge in [0.05, 0.1) is 13.7 Å². The highest BCUT2D eigenvalue weighted by atomic mass is 16.5. The number of methoxy groups -OCH3 is 1. The van der Waals surface area contributed by atoms with Gasteiger partial charge >= 0.3 is 0 Å². The quantitative estimate of drug-likeness (QED) is 0.749. The lowest BCUT2D eigenvalue weighted by atomic mass is 10.1. The van der Waals surface area contributed by atoms with Crippen molar-refractivity contribution in [3.05, 3.63) is 29.8 Å². The lowest BCUT2D eigenvalue weighted by Crippen LogP contribution is -2.47. The van der Waals surface area contributed by atoms with E-state index in [0.717, 1.165) is 11.3 Å². The van der Waals surface area contributed by atoms with Crippen LogP contribution in [0.4, 0.5) is 0 Å². The van der Waals surface area contributed by atoms with Crippen molar-refractivity contribution in [2.24, 2.45) is 0 Å². The van der Waals surface area contributed by atoms with Crippen LogP contribution >= 0.6 is 0 Å². The molecule has 0 spiro atoms. The molecule has 1 rings (SSSR count). The maximum Gasteiger partial charge on any atom is 0.242 e. The van der Waals surface area contributed by atoms with E-state index >= 15 is 0 Å². The molecule has 1 unspecified atom stereocenters. The number of ether oxygens (including phenoxy) is 1. The molecule has 22 heavy (non-hydrogen) atoms. The predicted molar refractivity (Wildman–Crippen MR) is 83.4 cm³/mol. The molecule has 0 aromatic heterocycles. The Morgan fingerprint density at radius 3 is 2.45 bits per heavy atom. The minimum absolute atomic E-state index is 0.0949. The Hall–Kier alpha value is -2.08. The summed E-state index contributed by atoms with van der Waals surface area (Å²) in [4.78, 5) is 25.7. The Balaban J connectivity index is 2.83. The smallest absolute Gasteiger partial charge is 0.242 e. The number of aliphatic hydroxyl groups excluding tert-OH is 1. The Morgan fingerprint density at radius 2 is 1.95 bits per heavy atom. The minimum Gasteiger partial charge on any atom is -0.497 e. The zero-order valence-electron chi connectivity index (χ0n) is 13.3. The van der Waals surface area contributed by atoms with Crippen LogP contribution < -0.4 is 10.1 Å². The summed E-state index contributed by atoms with van der Waals surface area (Å²) in [5, 5.41) is 11.4. The molecule has 1 aromatic rings. The van der Waals surface area contributed by atoms with Crippen LogP contribution in [0.1, 0.15) is 25.8 Å². The van der Waals surface area contributed by atoms with E-state index in [-0.39, 0.29) is 25.0 Å². The standard InChI is InChI=1S/C16H24N2O4/c1-4-15(20)18(12(2)16(21)17-9-10-19)11-13-5-7-14(22-3)8-6-13/h5-8,12,19H,4,9-11H2,1-3H3,(H,17,21). The highest BCUT2D eigenvalue weighted by Gasteiger charge is 2.24. The monoisotopic (exact) mass is 308 g/mol. The molecule has 0 radical (unpaired) electrons. The van der Waals surface area contributed by atoms with Gasteiger partial charge in [0.15, 0.2) is 0 Å². The van der Waals surface area contributed by atoms with Crippen molar-refractivity contribution in [3.63, 3.8) is 0 Å². The molecule has 0 aliphatic carbocycles. The van der Waals surface area contributed by atoms with Crippen molar-refractivity contribution in [1.82, 2.24) is 10.2 Å². The topological polar surface area (TPSA) is 78.9 Å². The molecule has 0 heterocycles. The van der Waals surface area contributed by atoms with Gasteiger partial charge in [-0.25, -0.2) is 0 Å². The molecule has 122 valence electrons. The van der Waals surface area contributed by atoms with E-state index in [1.54, 1.807) is 21.0 Å². The van der Waals surface area contributed by atoms with Crippen molar-refractivity contribution in [2.45, 2.75) is 32.9 Å². The van der Waals surface area contributed by atoms with Gasteiger partial charge < -0.3 is 20.1 Å². The fourth-order valence-electron chi connectivity index (χ4n) is 2.04. The maximum atomic E-state index is 12.1. The molecule has 2 amide bonds. The fourth-order valence-corrected chi connectivity index (χ4v) is 2.04. The number of hydrogen-bond donors (Lipinski definition) is 2. The van der Waals surface area contributed by atoms with Gasteiger partial charge in [-0.3, -0.25) is 9.59 Å². The van der Waals surface area contributed by atoms with Crippen LogP contribution in [0.2, 0.25) is 0 Å². The van der Waals surface area contributed by atoms with Crippen molar-refractivity contribution < 1.29 is 19.4 Å². The molecular weight excluding hydrogens is 284 g/mol. The van der Waals surface area contributed by atoms with Gasteiger partial charge in [0.2, 0.25) is 11.8 Å². The summed E-state index contributed by atoms with van der Waals surface area (Å²) in [5.41, 5.74) is 0.921. The Morgan fingerprint density at radius 1 is 1.32 bits per heavy atom. The molecule has 1 atom stereocenters. The normalized spacial score (nSPS) is 11.6. The van der Waals surface area contributed by atoms with Crippen molar-refractivity contribution >= 4 is 11.8 Å². The molecule has 0 fully saturated rings. The fraction of sp³-hybridized carbons (Fsp3) is 0.500. The highest BCUT2D eigenvalue weighted by Crippen LogP contribution is 2.15. The van der Waals surface area contributed by atoms with Crippen LogP contribution in [0, 0.1) is 0 Å². The first-order valence-electron chi connectivity index (χ1n) is 7.34. The number of rotatable bonds is 8. The second-order valence-corrected chi connectivity index (χ2v) is 4.91. The average molecular weight is 308 g/mol. The van der Waals surface area contributed by atoms with Crippen molar-refractivity contribution in [3.8, 4) is 5.75 Å². The van der Waals surface area contributed by atoms with Crippen LogP contribution in [-0.4, -0.2) is 48.1 Å². The summed E-state index contributed by atoms with van der Waals surface area (Å²) in [6, 6.07) is 6.78. The van der Waals surface area contributed by atoms with E-state index < -0.39 is 6.04 Å². The summed E-state index contributed by atoms with van der Waals surface area (Å²) in [5.74, 6) is 0.373. The lowest BCUT2D eigenvalue weighted by molar-refractivity contribution is -0.140. The number of amides is 2. The van der Waals surface area contributed by atoms with Crippen molar-refractivity contribution in [2.75, 3.05) is 20.3 Å². The zero-order valence-corrected chi connectivity index (χ0v) is 13.3. The number of aliphatic hydroxyl groups is 1. The second-order valence-electron chi connectivity index (χ2n) is 4.91. The molecule has 0 aliphatic rings. The van der Waals surface area contributed by atoms with Gasteiger partial charge in [0.25, 0.3) is 0 Å². The maximum absolute atomic E-state index is 12.1. The molecule has 6 nitrogen and oxygen atoms in total. The summed E-state index contributed by atoms with van der Waals surface area (Å²) < 4.78 is 5.10. The Labute approximate surface area is 131 Å². The number of benzene rings is 1. The van der Waals surface area contributed by atoms with E-state index in [0.29, 0.717) is 13.0 Å². The number of carbonyl (C=O) groups is 2. The van der Waals surface area contributed by atoms with Gasteiger partial charge in [-0.2, -0.15) is 0 Å². The number of carbonyl (C=O) groups excluding carboxylic acids is 2. The van der Waals surface area contributed by atoms with E-state index in [1.165, 1.54) is 4.90 Å². The molecule has 0 aliphatic heterocycles. The molecule has 0 saturated heterocycles. The lowest BCUT2D eigenvalue weighted by Gasteiger charge is -2.28. The van der Waals surface area contributed by atoms with E-state index in [1.807, 2.05) is 24.3 Å². The van der Waals surface area contributed by atoms with Gasteiger partial charge in [-0.1, -0.05) is 19.1 Å². The second kappa shape index (κ2) is 9.04. The first-order chi connectivity index (χ1) is 10.5. The molecule has 0 saturated carbocycles. The molecule has 6 heteroatoms. The van der Waals surface area contributed by atoms with Gasteiger partial charge in [0.1, 0.15) is 11.8 Å². The predicted octanol–water partition coefficient (Wildman–Crippen LogP) is 0.931. The van der Waals surface area contributed by atoms with E-state index in [9.17, 15) is 9.59 Å². The minimum atomic E-state index is -0.596. The zero-order chi connectivity index (χ0) is 16.5. The van der Waals surface area contributed by atoms with Crippen LogP contribution in [0.3, 0.4) is 0 Å². The summed E-state index contributed by atoms with van der Waals surface area (Å²) in [6.07, 6.45) is 0.327. The number of nitrogens with zero attached hydrogens (tertiary/aromatic N) is 1. The van der Waals surface area contributed by atoms with Crippen LogP contribution in [-0.2, 0) is 16.1 Å². The average Bonchev–Trinajstić information content (AvgIpc) is 2.56. The third-order valence-corrected chi connectivity index (χ3v) is 3.39. The first kappa shape index (κ1) is 18.0. The number of nitrogens with one attached hydrogen (secondary N) is 1. The largest absolute Gasteiger partial charge is 0.497 e. The Kier molecular flexibility index (Phi) is 7.39.